The Morgan fingerprint density at radius 3 is 2.65 bits per heavy atom. The number of nitrogens with zero attached hydrogens (tertiary/aromatic N) is 3. The maximum absolute atomic E-state index is 12.1. The van der Waals surface area contributed by atoms with E-state index >= 15 is 0 Å². The SMILES string of the molecule is CN=C(NCCc1cccc(C(=O)N(C)C)c1)NCC1CCN(C)CC1. The fourth-order valence-electron chi connectivity index (χ4n) is 3.17. The van der Waals surface area contributed by atoms with E-state index in [-0.39, 0.29) is 5.91 Å². The van der Waals surface area contributed by atoms with Crippen molar-refractivity contribution in [3.8, 4) is 0 Å². The predicted molar refractivity (Wildman–Crippen MR) is 108 cm³/mol. The molecule has 0 atom stereocenters. The number of likely N-dealkylation sites (tertiary alicyclic amines) is 1. The molecule has 1 heterocycles. The summed E-state index contributed by atoms with van der Waals surface area (Å²) in [6.45, 7) is 4.12. The lowest BCUT2D eigenvalue weighted by atomic mass is 9.97. The van der Waals surface area contributed by atoms with E-state index in [1.165, 1.54) is 25.9 Å². The summed E-state index contributed by atoms with van der Waals surface area (Å²) < 4.78 is 0. The number of benzene rings is 1. The number of piperidine rings is 1. The third-order valence-corrected chi connectivity index (χ3v) is 4.91. The first kappa shape index (κ1) is 20.2. The maximum Gasteiger partial charge on any atom is 0.253 e. The van der Waals surface area contributed by atoms with Crippen LogP contribution in [-0.4, -0.2) is 76.0 Å². The van der Waals surface area contributed by atoms with E-state index in [1.54, 1.807) is 26.0 Å². The largest absolute Gasteiger partial charge is 0.356 e. The summed E-state index contributed by atoms with van der Waals surface area (Å²) in [4.78, 5) is 20.4. The Labute approximate surface area is 157 Å². The Hall–Kier alpha value is -2.08. The molecular weight excluding hydrogens is 326 g/mol. The monoisotopic (exact) mass is 359 g/mol. The fraction of sp³-hybridized carbons (Fsp3) is 0.600. The number of guanidine groups is 1. The molecule has 2 rings (SSSR count). The number of rotatable bonds is 6. The number of aliphatic imine (C=N–C) groups is 1. The number of carbonyl (C=O) groups excluding carboxylic acids is 1. The van der Waals surface area contributed by atoms with Crippen molar-refractivity contribution in [1.82, 2.24) is 20.4 Å². The van der Waals surface area contributed by atoms with Crippen molar-refractivity contribution < 1.29 is 4.79 Å². The van der Waals surface area contributed by atoms with E-state index in [2.05, 4.69) is 33.6 Å². The van der Waals surface area contributed by atoms with Crippen molar-refractivity contribution >= 4 is 11.9 Å². The van der Waals surface area contributed by atoms with E-state index in [9.17, 15) is 4.79 Å². The lowest BCUT2D eigenvalue weighted by Gasteiger charge is -2.29. The quantitative estimate of drug-likeness (QED) is 0.596. The van der Waals surface area contributed by atoms with E-state index in [0.29, 0.717) is 0 Å². The number of hydrogen-bond acceptors (Lipinski definition) is 3. The molecule has 0 radical (unpaired) electrons. The van der Waals surface area contributed by atoms with E-state index in [4.69, 9.17) is 0 Å². The van der Waals surface area contributed by atoms with Gasteiger partial charge in [-0.2, -0.15) is 0 Å². The van der Waals surface area contributed by atoms with Gasteiger partial charge >= 0.3 is 0 Å². The van der Waals surface area contributed by atoms with Crippen molar-refractivity contribution in [3.63, 3.8) is 0 Å². The van der Waals surface area contributed by atoms with Gasteiger partial charge in [-0.15, -0.1) is 0 Å². The van der Waals surface area contributed by atoms with Crippen LogP contribution in [0.1, 0.15) is 28.8 Å². The van der Waals surface area contributed by atoms with Crippen LogP contribution in [0, 0.1) is 5.92 Å². The summed E-state index contributed by atoms with van der Waals surface area (Å²) in [7, 11) is 7.54. The molecule has 1 amide bonds. The Balaban J connectivity index is 1.75. The van der Waals surface area contributed by atoms with Crippen LogP contribution in [0.5, 0.6) is 0 Å². The molecule has 1 aromatic carbocycles. The van der Waals surface area contributed by atoms with Gasteiger partial charge < -0.3 is 20.4 Å². The maximum atomic E-state index is 12.1. The molecule has 1 aromatic rings. The Morgan fingerprint density at radius 1 is 1.27 bits per heavy atom. The van der Waals surface area contributed by atoms with Gasteiger partial charge in [0, 0.05) is 39.8 Å². The second-order valence-corrected chi connectivity index (χ2v) is 7.28. The van der Waals surface area contributed by atoms with Gasteiger partial charge in [-0.05, 0) is 63.0 Å². The molecule has 1 fully saturated rings. The summed E-state index contributed by atoms with van der Waals surface area (Å²) in [6.07, 6.45) is 3.34. The lowest BCUT2D eigenvalue weighted by molar-refractivity contribution is 0.0827. The second-order valence-electron chi connectivity index (χ2n) is 7.28. The molecule has 6 nitrogen and oxygen atoms in total. The van der Waals surface area contributed by atoms with Gasteiger partial charge in [-0.1, -0.05) is 12.1 Å². The molecule has 1 saturated heterocycles. The van der Waals surface area contributed by atoms with Gasteiger partial charge in [-0.3, -0.25) is 9.79 Å². The molecule has 0 aromatic heterocycles. The predicted octanol–water partition coefficient (Wildman–Crippen LogP) is 1.44. The van der Waals surface area contributed by atoms with E-state index in [1.807, 2.05) is 18.2 Å². The van der Waals surface area contributed by atoms with Crippen LogP contribution < -0.4 is 10.6 Å². The zero-order valence-corrected chi connectivity index (χ0v) is 16.6. The van der Waals surface area contributed by atoms with Crippen LogP contribution in [-0.2, 0) is 6.42 Å². The average Bonchev–Trinajstić information content (AvgIpc) is 2.65. The van der Waals surface area contributed by atoms with Gasteiger partial charge in [-0.25, -0.2) is 0 Å². The first-order valence-electron chi connectivity index (χ1n) is 9.43. The molecule has 0 bridgehead atoms. The minimum atomic E-state index is 0.0374. The number of nitrogens with one attached hydrogen (secondary N) is 2. The standard InChI is InChI=1S/C20H33N5O/c1-21-20(23-15-17-9-12-25(4)13-10-17)22-11-8-16-6-5-7-18(14-16)19(26)24(2)3/h5-7,14,17H,8-13,15H2,1-4H3,(H2,21,22,23). The summed E-state index contributed by atoms with van der Waals surface area (Å²) >= 11 is 0. The first-order valence-corrected chi connectivity index (χ1v) is 9.43. The molecule has 0 aliphatic carbocycles. The first-order chi connectivity index (χ1) is 12.5. The minimum Gasteiger partial charge on any atom is -0.356 e. The Bertz CT molecular complexity index is 606. The summed E-state index contributed by atoms with van der Waals surface area (Å²) in [6, 6.07) is 7.84. The van der Waals surface area contributed by atoms with Gasteiger partial charge in [0.25, 0.3) is 5.91 Å². The van der Waals surface area contributed by atoms with Crippen molar-refractivity contribution in [2.75, 3.05) is 54.4 Å². The van der Waals surface area contributed by atoms with Gasteiger partial charge in [0.05, 0.1) is 0 Å². The third kappa shape index (κ3) is 6.33. The summed E-state index contributed by atoms with van der Waals surface area (Å²) in [5.74, 6) is 1.61. The third-order valence-electron chi connectivity index (χ3n) is 4.91. The van der Waals surface area contributed by atoms with Crippen LogP contribution in [0.15, 0.2) is 29.3 Å². The van der Waals surface area contributed by atoms with Crippen LogP contribution in [0.3, 0.4) is 0 Å². The van der Waals surface area contributed by atoms with Crippen LogP contribution >= 0.6 is 0 Å². The molecule has 6 heteroatoms. The molecule has 0 saturated carbocycles. The highest BCUT2D eigenvalue weighted by Gasteiger charge is 2.16. The molecule has 144 valence electrons. The molecule has 0 spiro atoms. The lowest BCUT2D eigenvalue weighted by Crippen LogP contribution is -2.42. The Morgan fingerprint density at radius 2 is 2.00 bits per heavy atom. The number of carbonyl (C=O) groups is 1. The highest BCUT2D eigenvalue weighted by Crippen LogP contribution is 2.14. The van der Waals surface area contributed by atoms with Crippen molar-refractivity contribution in [2.24, 2.45) is 10.9 Å². The van der Waals surface area contributed by atoms with Gasteiger partial charge in [0.15, 0.2) is 5.96 Å². The highest BCUT2D eigenvalue weighted by molar-refractivity contribution is 5.94. The van der Waals surface area contributed by atoms with Crippen molar-refractivity contribution in [1.29, 1.82) is 0 Å². The Kier molecular flexibility index (Phi) is 7.91. The van der Waals surface area contributed by atoms with Crippen LogP contribution in [0.2, 0.25) is 0 Å². The zero-order chi connectivity index (χ0) is 18.9. The van der Waals surface area contributed by atoms with Crippen LogP contribution in [0.4, 0.5) is 0 Å². The zero-order valence-electron chi connectivity index (χ0n) is 16.6. The van der Waals surface area contributed by atoms with E-state index in [0.717, 1.165) is 42.5 Å². The number of hydrogen-bond donors (Lipinski definition) is 2. The smallest absolute Gasteiger partial charge is 0.253 e. The average molecular weight is 360 g/mol. The number of amides is 1. The normalized spacial score (nSPS) is 16.4. The molecule has 1 aliphatic heterocycles. The topological polar surface area (TPSA) is 60.0 Å². The van der Waals surface area contributed by atoms with Gasteiger partial charge in [0.2, 0.25) is 0 Å². The molecule has 26 heavy (non-hydrogen) atoms. The van der Waals surface area contributed by atoms with E-state index < -0.39 is 0 Å². The molecule has 0 unspecified atom stereocenters. The summed E-state index contributed by atoms with van der Waals surface area (Å²) in [5, 5.41) is 6.82. The van der Waals surface area contributed by atoms with Crippen molar-refractivity contribution in [2.45, 2.75) is 19.3 Å². The fourth-order valence-corrected chi connectivity index (χ4v) is 3.17. The highest BCUT2D eigenvalue weighted by atomic mass is 16.2. The van der Waals surface area contributed by atoms with Gasteiger partial charge in [0.1, 0.15) is 0 Å². The molecule has 2 N–H and O–H groups in total. The molecule has 1 aliphatic rings. The van der Waals surface area contributed by atoms with Crippen molar-refractivity contribution in [3.05, 3.63) is 35.4 Å². The second kappa shape index (κ2) is 10.2. The minimum absolute atomic E-state index is 0.0374. The molecular formula is C20H33N5O. The summed E-state index contributed by atoms with van der Waals surface area (Å²) in [5.41, 5.74) is 1.88. The van der Waals surface area contributed by atoms with Crippen LogP contribution in [0.25, 0.3) is 0 Å².